The molecule has 1 atom stereocenters. The van der Waals surface area contributed by atoms with Crippen LogP contribution >= 0.6 is 0 Å². The van der Waals surface area contributed by atoms with Crippen molar-refractivity contribution < 1.29 is 5.11 Å². The molecule has 1 heterocycles. The fraction of sp³-hybridized carbons (Fsp3) is 1.00. The van der Waals surface area contributed by atoms with Crippen molar-refractivity contribution in [3.63, 3.8) is 0 Å². The van der Waals surface area contributed by atoms with Gasteiger partial charge in [-0.05, 0) is 32.9 Å². The summed E-state index contributed by atoms with van der Waals surface area (Å²) in [6, 6.07) is 0.505. The molecule has 1 unspecified atom stereocenters. The zero-order valence-corrected chi connectivity index (χ0v) is 8.63. The number of hydrogen-bond acceptors (Lipinski definition) is 3. The van der Waals surface area contributed by atoms with E-state index in [-0.39, 0.29) is 6.61 Å². The Morgan fingerprint density at radius 2 is 2.00 bits per heavy atom. The van der Waals surface area contributed by atoms with Gasteiger partial charge in [0.1, 0.15) is 0 Å². The Labute approximate surface area is 81.1 Å². The maximum atomic E-state index is 8.64. The lowest BCUT2D eigenvalue weighted by Gasteiger charge is -2.29. The van der Waals surface area contributed by atoms with Gasteiger partial charge in [-0.25, -0.2) is 0 Å². The van der Waals surface area contributed by atoms with Gasteiger partial charge >= 0.3 is 0 Å². The minimum atomic E-state index is 0.240. The summed E-state index contributed by atoms with van der Waals surface area (Å²) in [5, 5.41) is 11.9. The quantitative estimate of drug-likeness (QED) is 0.654. The summed E-state index contributed by atoms with van der Waals surface area (Å²) in [4.78, 5) is 2.51. The van der Waals surface area contributed by atoms with E-state index in [0.717, 1.165) is 13.1 Å². The second kappa shape index (κ2) is 6.35. The molecule has 0 spiro atoms. The van der Waals surface area contributed by atoms with Crippen LogP contribution in [0.25, 0.3) is 0 Å². The highest BCUT2D eigenvalue weighted by molar-refractivity contribution is 4.70. The standard InChI is InChI=1S/C10H22N2O/c1-10(11-5-8-13)9-12-6-3-2-4-7-12/h10-11,13H,2-9H2,1H3. The fourth-order valence-corrected chi connectivity index (χ4v) is 1.90. The Balaban J connectivity index is 2.07. The predicted molar refractivity (Wildman–Crippen MR) is 54.8 cm³/mol. The summed E-state index contributed by atoms with van der Waals surface area (Å²) in [6.07, 6.45) is 4.11. The summed E-state index contributed by atoms with van der Waals surface area (Å²) >= 11 is 0. The van der Waals surface area contributed by atoms with E-state index >= 15 is 0 Å². The maximum absolute atomic E-state index is 8.64. The lowest BCUT2D eigenvalue weighted by Crippen LogP contribution is -2.42. The topological polar surface area (TPSA) is 35.5 Å². The van der Waals surface area contributed by atoms with Gasteiger partial charge in [-0.3, -0.25) is 0 Å². The Morgan fingerprint density at radius 1 is 1.31 bits per heavy atom. The van der Waals surface area contributed by atoms with Crippen LogP contribution in [0.15, 0.2) is 0 Å². The number of piperidine rings is 1. The molecule has 1 aliphatic heterocycles. The molecule has 0 radical (unpaired) electrons. The highest BCUT2D eigenvalue weighted by Crippen LogP contribution is 2.08. The lowest BCUT2D eigenvalue weighted by molar-refractivity contribution is 0.203. The highest BCUT2D eigenvalue weighted by atomic mass is 16.3. The third kappa shape index (κ3) is 4.60. The zero-order valence-electron chi connectivity index (χ0n) is 8.63. The molecule has 0 amide bonds. The average molecular weight is 186 g/mol. The molecular formula is C10H22N2O. The minimum Gasteiger partial charge on any atom is -0.395 e. The summed E-state index contributed by atoms with van der Waals surface area (Å²) in [6.45, 7) is 6.78. The fourth-order valence-electron chi connectivity index (χ4n) is 1.90. The number of nitrogens with zero attached hydrogens (tertiary/aromatic N) is 1. The highest BCUT2D eigenvalue weighted by Gasteiger charge is 2.12. The van der Waals surface area contributed by atoms with Gasteiger partial charge in [0, 0.05) is 19.1 Å². The van der Waals surface area contributed by atoms with Crippen molar-refractivity contribution in [1.29, 1.82) is 0 Å². The number of aliphatic hydroxyl groups is 1. The van der Waals surface area contributed by atoms with E-state index in [2.05, 4.69) is 17.1 Å². The Morgan fingerprint density at radius 3 is 2.62 bits per heavy atom. The van der Waals surface area contributed by atoms with Crippen molar-refractivity contribution in [3.05, 3.63) is 0 Å². The molecule has 0 aliphatic carbocycles. The number of hydrogen-bond donors (Lipinski definition) is 2. The molecule has 78 valence electrons. The Bertz CT molecular complexity index is 124. The summed E-state index contributed by atoms with van der Waals surface area (Å²) in [7, 11) is 0. The first kappa shape index (κ1) is 11.0. The molecule has 0 aromatic heterocycles. The first-order valence-electron chi connectivity index (χ1n) is 5.39. The van der Waals surface area contributed by atoms with Gasteiger partial charge in [0.05, 0.1) is 6.61 Å². The van der Waals surface area contributed by atoms with Gasteiger partial charge in [0.15, 0.2) is 0 Å². The molecule has 1 aliphatic rings. The van der Waals surface area contributed by atoms with Crippen molar-refractivity contribution in [3.8, 4) is 0 Å². The number of aliphatic hydroxyl groups excluding tert-OH is 1. The molecule has 0 saturated carbocycles. The van der Waals surface area contributed by atoms with Gasteiger partial charge in [-0.15, -0.1) is 0 Å². The average Bonchev–Trinajstić information content (AvgIpc) is 2.16. The van der Waals surface area contributed by atoms with Gasteiger partial charge in [-0.2, -0.15) is 0 Å². The molecule has 1 saturated heterocycles. The number of likely N-dealkylation sites (tertiary alicyclic amines) is 1. The van der Waals surface area contributed by atoms with Gasteiger partial charge in [-0.1, -0.05) is 6.42 Å². The zero-order chi connectivity index (χ0) is 9.52. The summed E-state index contributed by atoms with van der Waals surface area (Å²) in [5.74, 6) is 0. The van der Waals surface area contributed by atoms with E-state index in [1.165, 1.54) is 32.4 Å². The van der Waals surface area contributed by atoms with E-state index < -0.39 is 0 Å². The van der Waals surface area contributed by atoms with Crippen molar-refractivity contribution in [2.75, 3.05) is 32.8 Å². The van der Waals surface area contributed by atoms with E-state index in [1.807, 2.05) is 0 Å². The lowest BCUT2D eigenvalue weighted by atomic mass is 10.1. The van der Waals surface area contributed by atoms with Crippen molar-refractivity contribution >= 4 is 0 Å². The summed E-state index contributed by atoms with van der Waals surface area (Å²) < 4.78 is 0. The van der Waals surface area contributed by atoms with Crippen LogP contribution in [0, 0.1) is 0 Å². The van der Waals surface area contributed by atoms with Crippen LogP contribution in [0.5, 0.6) is 0 Å². The molecule has 1 fully saturated rings. The molecule has 2 N–H and O–H groups in total. The van der Waals surface area contributed by atoms with Crippen molar-refractivity contribution in [2.24, 2.45) is 0 Å². The SMILES string of the molecule is CC(CN1CCCCC1)NCCO. The van der Waals surface area contributed by atoms with E-state index in [9.17, 15) is 0 Å². The van der Waals surface area contributed by atoms with E-state index in [4.69, 9.17) is 5.11 Å². The van der Waals surface area contributed by atoms with Crippen LogP contribution in [-0.4, -0.2) is 48.8 Å². The van der Waals surface area contributed by atoms with Crippen LogP contribution in [0.2, 0.25) is 0 Å². The Kier molecular flexibility index (Phi) is 5.35. The van der Waals surface area contributed by atoms with E-state index in [0.29, 0.717) is 6.04 Å². The molecule has 13 heavy (non-hydrogen) atoms. The molecule has 0 bridgehead atoms. The minimum absolute atomic E-state index is 0.240. The van der Waals surface area contributed by atoms with Crippen molar-refractivity contribution in [1.82, 2.24) is 10.2 Å². The summed E-state index contributed by atoms with van der Waals surface area (Å²) in [5.41, 5.74) is 0. The largest absolute Gasteiger partial charge is 0.395 e. The monoisotopic (exact) mass is 186 g/mol. The van der Waals surface area contributed by atoms with Gasteiger partial charge < -0.3 is 15.3 Å². The molecule has 3 heteroatoms. The first-order chi connectivity index (χ1) is 6.33. The van der Waals surface area contributed by atoms with E-state index in [1.54, 1.807) is 0 Å². The maximum Gasteiger partial charge on any atom is 0.0556 e. The van der Waals surface area contributed by atoms with Crippen LogP contribution in [0.1, 0.15) is 26.2 Å². The Hall–Kier alpha value is -0.120. The number of rotatable bonds is 5. The molecule has 0 aromatic rings. The van der Waals surface area contributed by atoms with Crippen LogP contribution in [0.4, 0.5) is 0 Å². The number of nitrogens with one attached hydrogen (secondary N) is 1. The smallest absolute Gasteiger partial charge is 0.0556 e. The van der Waals surface area contributed by atoms with Gasteiger partial charge in [0.25, 0.3) is 0 Å². The van der Waals surface area contributed by atoms with Gasteiger partial charge in [0.2, 0.25) is 0 Å². The third-order valence-corrected chi connectivity index (χ3v) is 2.59. The molecular weight excluding hydrogens is 164 g/mol. The van der Waals surface area contributed by atoms with Crippen LogP contribution < -0.4 is 5.32 Å². The molecule has 1 rings (SSSR count). The van der Waals surface area contributed by atoms with Crippen LogP contribution in [-0.2, 0) is 0 Å². The predicted octanol–water partition coefficient (Wildman–Crippen LogP) is 0.443. The van der Waals surface area contributed by atoms with Crippen molar-refractivity contribution in [2.45, 2.75) is 32.2 Å². The molecule has 3 nitrogen and oxygen atoms in total. The van der Waals surface area contributed by atoms with Crippen LogP contribution in [0.3, 0.4) is 0 Å². The normalized spacial score (nSPS) is 21.7. The third-order valence-electron chi connectivity index (χ3n) is 2.59. The second-order valence-electron chi connectivity index (χ2n) is 3.94. The second-order valence-corrected chi connectivity index (χ2v) is 3.94. The molecule has 0 aromatic carbocycles. The first-order valence-corrected chi connectivity index (χ1v) is 5.39.